The van der Waals surface area contributed by atoms with Crippen molar-refractivity contribution in [1.82, 2.24) is 0 Å². The standard InChI is InChI=1S/C56H84F4N2O6/c1-3-5-7-9-11-13-15-17-19-21-23-25-27-29-31-33-43-65-55(63)61-45-35-39-47(40-36-45)67-53-49(57)51(59)54(52(60)50(53)58)68-48-41-37-46(38-42-48)62-56(64)66-44-34-32-30-28-26-24-22-20-18-16-14-12-10-8-6-4-2/h35-42H,3-34,43-44H2,1-2H3,(H,61,63)(H,62,64). The maximum atomic E-state index is 15.1. The SMILES string of the molecule is CCCCCCCCCCCCCCCCCCOC(=O)Nc1ccc(Oc2c(F)c(F)c(Oc3ccc(NC(=O)OCCCCCCCCCCCCCCCCCC)cc3)c(F)c2F)cc1. The predicted molar refractivity (Wildman–Crippen MR) is 268 cm³/mol. The number of carbonyl (C=O) groups excluding carboxylic acids is 2. The van der Waals surface area contributed by atoms with Crippen LogP contribution in [-0.2, 0) is 9.47 Å². The molecule has 0 bridgehead atoms. The Morgan fingerprint density at radius 1 is 0.353 bits per heavy atom. The second kappa shape index (κ2) is 37.4. The van der Waals surface area contributed by atoms with Gasteiger partial charge in [0, 0.05) is 11.4 Å². The average Bonchev–Trinajstić information content (AvgIpc) is 3.34. The lowest BCUT2D eigenvalue weighted by molar-refractivity contribution is 0.158. The van der Waals surface area contributed by atoms with Gasteiger partial charge in [0.1, 0.15) is 11.5 Å². The number of amides is 2. The fraction of sp³-hybridized carbons (Fsp3) is 0.643. The minimum Gasteiger partial charge on any atom is -0.451 e. The first-order valence-corrected chi connectivity index (χ1v) is 26.5. The molecule has 3 aromatic carbocycles. The fourth-order valence-corrected chi connectivity index (χ4v) is 8.16. The first-order chi connectivity index (χ1) is 33.2. The van der Waals surface area contributed by atoms with Crippen LogP contribution in [0.2, 0.25) is 0 Å². The van der Waals surface area contributed by atoms with Crippen LogP contribution in [0.25, 0.3) is 0 Å². The molecule has 0 radical (unpaired) electrons. The molecule has 0 saturated carbocycles. The van der Waals surface area contributed by atoms with E-state index in [1.54, 1.807) is 0 Å². The highest BCUT2D eigenvalue weighted by Gasteiger charge is 2.29. The lowest BCUT2D eigenvalue weighted by Gasteiger charge is -2.14. The third-order valence-electron chi connectivity index (χ3n) is 12.3. The van der Waals surface area contributed by atoms with Crippen molar-refractivity contribution in [3.8, 4) is 23.0 Å². The average molecular weight is 957 g/mol. The van der Waals surface area contributed by atoms with E-state index in [4.69, 9.17) is 18.9 Å². The zero-order valence-corrected chi connectivity index (χ0v) is 41.6. The zero-order valence-electron chi connectivity index (χ0n) is 41.6. The molecule has 0 aliphatic rings. The van der Waals surface area contributed by atoms with E-state index >= 15 is 17.6 Å². The molecule has 68 heavy (non-hydrogen) atoms. The monoisotopic (exact) mass is 957 g/mol. The molecule has 382 valence electrons. The molecule has 0 saturated heterocycles. The number of rotatable bonds is 40. The van der Waals surface area contributed by atoms with Crippen molar-refractivity contribution in [3.63, 3.8) is 0 Å². The summed E-state index contributed by atoms with van der Waals surface area (Å²) >= 11 is 0. The van der Waals surface area contributed by atoms with Crippen LogP contribution < -0.4 is 20.1 Å². The summed E-state index contributed by atoms with van der Waals surface area (Å²) in [6.45, 7) is 5.06. The first-order valence-electron chi connectivity index (χ1n) is 26.5. The fourth-order valence-electron chi connectivity index (χ4n) is 8.16. The molecule has 0 spiro atoms. The number of anilines is 2. The van der Waals surface area contributed by atoms with E-state index in [1.807, 2.05) is 0 Å². The van der Waals surface area contributed by atoms with Crippen LogP contribution in [0.3, 0.4) is 0 Å². The number of nitrogens with one attached hydrogen (secondary N) is 2. The van der Waals surface area contributed by atoms with Gasteiger partial charge in [-0.2, -0.15) is 17.6 Å². The summed E-state index contributed by atoms with van der Waals surface area (Å²) in [5, 5.41) is 5.14. The van der Waals surface area contributed by atoms with Gasteiger partial charge in [0.2, 0.25) is 34.8 Å². The molecule has 0 fully saturated rings. The van der Waals surface area contributed by atoms with Crippen molar-refractivity contribution in [3.05, 3.63) is 71.8 Å². The Morgan fingerprint density at radius 3 is 0.809 bits per heavy atom. The summed E-state index contributed by atoms with van der Waals surface area (Å²) in [6, 6.07) is 10.7. The molecule has 0 aliphatic carbocycles. The van der Waals surface area contributed by atoms with Crippen molar-refractivity contribution in [2.75, 3.05) is 23.8 Å². The van der Waals surface area contributed by atoms with Crippen LogP contribution in [0, 0.1) is 23.3 Å². The number of hydrogen-bond acceptors (Lipinski definition) is 6. The van der Waals surface area contributed by atoms with Gasteiger partial charge in [-0.1, -0.05) is 206 Å². The zero-order chi connectivity index (χ0) is 48.9. The van der Waals surface area contributed by atoms with Crippen LogP contribution in [0.4, 0.5) is 38.5 Å². The van der Waals surface area contributed by atoms with E-state index in [0.29, 0.717) is 11.4 Å². The molecular formula is C56H84F4N2O6. The largest absolute Gasteiger partial charge is 0.451 e. The van der Waals surface area contributed by atoms with E-state index in [9.17, 15) is 9.59 Å². The second-order valence-electron chi connectivity index (χ2n) is 18.3. The molecule has 12 heteroatoms. The number of unbranched alkanes of at least 4 members (excludes halogenated alkanes) is 30. The van der Waals surface area contributed by atoms with Gasteiger partial charge in [-0.15, -0.1) is 0 Å². The Kier molecular flexibility index (Phi) is 31.8. The molecule has 2 N–H and O–H groups in total. The normalized spacial score (nSPS) is 11.1. The van der Waals surface area contributed by atoms with Gasteiger partial charge < -0.3 is 18.9 Å². The van der Waals surface area contributed by atoms with E-state index < -0.39 is 47.0 Å². The van der Waals surface area contributed by atoms with Gasteiger partial charge in [-0.25, -0.2) is 9.59 Å². The summed E-state index contributed by atoms with van der Waals surface area (Å²) in [7, 11) is 0. The van der Waals surface area contributed by atoms with E-state index in [-0.39, 0.29) is 24.7 Å². The highest BCUT2D eigenvalue weighted by atomic mass is 19.2. The van der Waals surface area contributed by atoms with Crippen molar-refractivity contribution in [1.29, 1.82) is 0 Å². The van der Waals surface area contributed by atoms with Crippen LogP contribution in [0.5, 0.6) is 23.0 Å². The number of ether oxygens (including phenoxy) is 4. The molecule has 3 aromatic rings. The van der Waals surface area contributed by atoms with Crippen LogP contribution >= 0.6 is 0 Å². The molecule has 0 heterocycles. The molecule has 8 nitrogen and oxygen atoms in total. The number of halogens is 4. The van der Waals surface area contributed by atoms with Gasteiger partial charge >= 0.3 is 12.2 Å². The van der Waals surface area contributed by atoms with Crippen molar-refractivity contribution in [2.45, 2.75) is 219 Å². The van der Waals surface area contributed by atoms with Crippen molar-refractivity contribution in [2.24, 2.45) is 0 Å². The quantitative estimate of drug-likeness (QED) is 0.0335. The molecule has 0 unspecified atom stereocenters. The second-order valence-corrected chi connectivity index (χ2v) is 18.3. The van der Waals surface area contributed by atoms with Gasteiger partial charge in [-0.05, 0) is 61.4 Å². The number of benzene rings is 3. The lowest BCUT2D eigenvalue weighted by atomic mass is 10.0. The Balaban J connectivity index is 1.26. The van der Waals surface area contributed by atoms with Gasteiger partial charge in [-0.3, -0.25) is 10.6 Å². The molecule has 2 amide bonds. The maximum absolute atomic E-state index is 15.1. The Labute approximate surface area is 406 Å². The molecule has 0 aliphatic heterocycles. The number of carbonyl (C=O) groups is 2. The smallest absolute Gasteiger partial charge is 0.411 e. The Morgan fingerprint density at radius 2 is 0.574 bits per heavy atom. The summed E-state index contributed by atoms with van der Waals surface area (Å²) < 4.78 is 81.3. The van der Waals surface area contributed by atoms with E-state index in [0.717, 1.165) is 38.5 Å². The summed E-state index contributed by atoms with van der Waals surface area (Å²) in [5.41, 5.74) is 0.639. The first kappa shape index (κ1) is 57.8. The van der Waals surface area contributed by atoms with E-state index in [1.165, 1.54) is 215 Å². The summed E-state index contributed by atoms with van der Waals surface area (Å²) in [6.07, 6.45) is 38.7. The Bertz CT molecular complexity index is 1620. The van der Waals surface area contributed by atoms with Gasteiger partial charge in [0.25, 0.3) is 0 Å². The molecule has 0 atom stereocenters. The van der Waals surface area contributed by atoms with E-state index in [2.05, 4.69) is 24.5 Å². The minimum atomic E-state index is -1.80. The highest BCUT2D eigenvalue weighted by Crippen LogP contribution is 2.39. The summed E-state index contributed by atoms with van der Waals surface area (Å²) in [5.74, 6) is -10.1. The lowest BCUT2D eigenvalue weighted by Crippen LogP contribution is -2.14. The van der Waals surface area contributed by atoms with Crippen LogP contribution in [0.1, 0.15) is 219 Å². The third kappa shape index (κ3) is 25.8. The summed E-state index contributed by atoms with van der Waals surface area (Å²) in [4.78, 5) is 24.6. The maximum Gasteiger partial charge on any atom is 0.411 e. The molecular weight excluding hydrogens is 873 g/mol. The topological polar surface area (TPSA) is 95.1 Å². The van der Waals surface area contributed by atoms with Gasteiger partial charge in [0.15, 0.2) is 0 Å². The van der Waals surface area contributed by atoms with Crippen LogP contribution in [0.15, 0.2) is 48.5 Å². The predicted octanol–water partition coefficient (Wildman–Crippen LogP) is 19.4. The molecule has 3 rings (SSSR count). The van der Waals surface area contributed by atoms with Crippen LogP contribution in [-0.4, -0.2) is 25.4 Å². The van der Waals surface area contributed by atoms with Crippen molar-refractivity contribution >= 4 is 23.6 Å². The van der Waals surface area contributed by atoms with Gasteiger partial charge in [0.05, 0.1) is 13.2 Å². The minimum absolute atomic E-state index is 0.144. The number of hydrogen-bond donors (Lipinski definition) is 2. The Hall–Kier alpha value is -4.48. The van der Waals surface area contributed by atoms with Crippen molar-refractivity contribution < 1.29 is 46.1 Å². The molecule has 0 aromatic heterocycles. The third-order valence-corrected chi connectivity index (χ3v) is 12.3. The highest BCUT2D eigenvalue weighted by molar-refractivity contribution is 5.85.